The van der Waals surface area contributed by atoms with Gasteiger partial charge in [0.2, 0.25) is 0 Å². The van der Waals surface area contributed by atoms with Gasteiger partial charge in [-0.25, -0.2) is 0 Å². The number of unbranched alkanes of at least 4 members (excludes halogenated alkanes) is 18. The number of likely N-dealkylation sites (N-methyl/N-ethyl adjacent to an activating group) is 1. The molecule has 2 atom stereocenters. The first-order valence-electron chi connectivity index (χ1n) is 29.2. The van der Waals surface area contributed by atoms with Gasteiger partial charge in [0, 0.05) is 12.8 Å². The van der Waals surface area contributed by atoms with Gasteiger partial charge in [-0.2, -0.15) is 0 Å². The van der Waals surface area contributed by atoms with Crippen LogP contribution in [0.25, 0.3) is 0 Å². The molecule has 422 valence electrons. The molecular weight excluding hydrogens is 942 g/mol. The molecule has 0 radical (unpaired) electrons. The molecule has 10 heteroatoms. The van der Waals surface area contributed by atoms with Crippen molar-refractivity contribution in [2.24, 2.45) is 0 Å². The number of carbonyl (C=O) groups excluding carboxylic acids is 2. The SMILES string of the molecule is CC/C=C\C/C=C\C/C=C\C/C=C\C/C=C\C/C=C\C/C=C\CCCC(=O)OC(COC(=O)CCCCCCCCCCCCCC/C=C\C/C=C\C/C=C\CCCCCCC)COP(=O)([O-])OCC[N+](C)(C)C. The number of ether oxygens (including phenoxy) is 2. The van der Waals surface area contributed by atoms with Gasteiger partial charge in [-0.05, 0) is 103 Å². The summed E-state index contributed by atoms with van der Waals surface area (Å²) in [6, 6.07) is 0. The molecule has 0 heterocycles. The maximum atomic E-state index is 12.8. The van der Waals surface area contributed by atoms with Crippen molar-refractivity contribution in [3.8, 4) is 0 Å². The Hall–Kier alpha value is -3.59. The molecule has 0 amide bonds. The summed E-state index contributed by atoms with van der Waals surface area (Å²) in [5, 5.41) is 0. The van der Waals surface area contributed by atoms with E-state index in [0.29, 0.717) is 30.3 Å². The van der Waals surface area contributed by atoms with Gasteiger partial charge in [-0.1, -0.05) is 225 Å². The standard InChI is InChI=1S/C64H108NO8P/c1-6-8-10-12-14-16-18-20-22-24-26-28-30-31-32-33-35-36-38-40-42-44-46-48-50-52-54-56-63(66)70-60-62(61-72-74(68,69)71-59-58-65(3,4)5)73-64(67)57-55-53-51-49-47-45-43-41-39-37-34-29-27-25-23-21-19-17-15-13-11-9-7-2/h9,11,15,17-18,20-21,23-24,26-27,29-31,37,39,43,45,49,51,62H,6-8,10,12-14,16,19,22,25,28,32-36,38,40-42,44,46-48,50,52-61H2,1-5H3/b11-9-,17-15-,20-18-,23-21-,26-24-,29-27-,31-30-,39-37-,45-43-,51-49-. The average Bonchev–Trinajstić information content (AvgIpc) is 3.36. The third-order valence-electron chi connectivity index (χ3n) is 12.0. The smallest absolute Gasteiger partial charge is 0.306 e. The molecule has 0 aromatic heterocycles. The minimum Gasteiger partial charge on any atom is -0.756 e. The molecule has 0 bridgehead atoms. The molecule has 0 saturated heterocycles. The van der Waals surface area contributed by atoms with E-state index in [4.69, 9.17) is 18.5 Å². The Bertz CT molecular complexity index is 1660. The largest absolute Gasteiger partial charge is 0.756 e. The minimum absolute atomic E-state index is 0.0487. The zero-order valence-electron chi connectivity index (χ0n) is 47.7. The highest BCUT2D eigenvalue weighted by atomic mass is 31.2. The summed E-state index contributed by atoms with van der Waals surface area (Å²) in [7, 11) is 1.11. The lowest BCUT2D eigenvalue weighted by Crippen LogP contribution is -2.37. The van der Waals surface area contributed by atoms with Crippen LogP contribution < -0.4 is 4.89 Å². The predicted octanol–water partition coefficient (Wildman–Crippen LogP) is 17.7. The quantitative estimate of drug-likeness (QED) is 0.0195. The first kappa shape index (κ1) is 70.4. The Morgan fingerprint density at radius 2 is 0.784 bits per heavy atom. The van der Waals surface area contributed by atoms with Gasteiger partial charge in [-0.15, -0.1) is 0 Å². The lowest BCUT2D eigenvalue weighted by Gasteiger charge is -2.28. The van der Waals surface area contributed by atoms with Crippen molar-refractivity contribution in [2.75, 3.05) is 47.5 Å². The number of hydrogen-bond donors (Lipinski definition) is 0. The Balaban J connectivity index is 4.28. The molecule has 0 fully saturated rings. The first-order chi connectivity index (χ1) is 36.0. The molecule has 0 saturated carbocycles. The summed E-state index contributed by atoms with van der Waals surface area (Å²) >= 11 is 0. The van der Waals surface area contributed by atoms with Crippen molar-refractivity contribution in [2.45, 2.75) is 225 Å². The Morgan fingerprint density at radius 3 is 1.19 bits per heavy atom. The summed E-state index contributed by atoms with van der Waals surface area (Å²) in [6.45, 7) is 4.03. The summed E-state index contributed by atoms with van der Waals surface area (Å²) < 4.78 is 34.1. The van der Waals surface area contributed by atoms with Gasteiger partial charge in [0.1, 0.15) is 19.8 Å². The lowest BCUT2D eigenvalue weighted by molar-refractivity contribution is -0.870. The zero-order chi connectivity index (χ0) is 54.2. The fourth-order valence-electron chi connectivity index (χ4n) is 7.47. The summed E-state index contributed by atoms with van der Waals surface area (Å²) in [4.78, 5) is 37.9. The highest BCUT2D eigenvalue weighted by Gasteiger charge is 2.21. The van der Waals surface area contributed by atoms with Crippen molar-refractivity contribution >= 4 is 19.8 Å². The molecule has 74 heavy (non-hydrogen) atoms. The van der Waals surface area contributed by atoms with Crippen LogP contribution in [-0.4, -0.2) is 70.0 Å². The second kappa shape index (κ2) is 54.2. The van der Waals surface area contributed by atoms with Crippen LogP contribution in [0.4, 0.5) is 0 Å². The minimum atomic E-state index is -4.66. The summed E-state index contributed by atoms with van der Waals surface area (Å²) in [6.07, 6.45) is 76.8. The highest BCUT2D eigenvalue weighted by molar-refractivity contribution is 7.45. The number of quaternary nitrogens is 1. The van der Waals surface area contributed by atoms with Crippen LogP contribution >= 0.6 is 7.82 Å². The van der Waals surface area contributed by atoms with E-state index in [2.05, 4.69) is 129 Å². The lowest BCUT2D eigenvalue weighted by atomic mass is 10.0. The molecule has 0 aliphatic heterocycles. The molecule has 0 aromatic carbocycles. The third-order valence-corrected chi connectivity index (χ3v) is 12.9. The van der Waals surface area contributed by atoms with Crippen LogP contribution in [0.3, 0.4) is 0 Å². The molecular formula is C64H108NO8P. The zero-order valence-corrected chi connectivity index (χ0v) is 48.6. The average molecular weight is 1050 g/mol. The molecule has 0 spiro atoms. The van der Waals surface area contributed by atoms with Crippen LogP contribution in [0.1, 0.15) is 219 Å². The Morgan fingerprint density at radius 1 is 0.432 bits per heavy atom. The fourth-order valence-corrected chi connectivity index (χ4v) is 8.20. The molecule has 9 nitrogen and oxygen atoms in total. The van der Waals surface area contributed by atoms with E-state index in [1.807, 2.05) is 27.2 Å². The summed E-state index contributed by atoms with van der Waals surface area (Å²) in [5.41, 5.74) is 0. The number of allylic oxidation sites excluding steroid dienone is 20. The number of nitrogens with zero attached hydrogens (tertiary/aromatic N) is 1. The maximum absolute atomic E-state index is 12.8. The number of rotatable bonds is 52. The Labute approximate surface area is 454 Å². The van der Waals surface area contributed by atoms with Crippen molar-refractivity contribution in [1.29, 1.82) is 0 Å². The van der Waals surface area contributed by atoms with Crippen LogP contribution in [0.2, 0.25) is 0 Å². The van der Waals surface area contributed by atoms with E-state index in [9.17, 15) is 19.0 Å². The van der Waals surface area contributed by atoms with Gasteiger partial charge >= 0.3 is 11.9 Å². The normalized spacial score (nSPS) is 14.2. The van der Waals surface area contributed by atoms with Crippen molar-refractivity contribution in [3.63, 3.8) is 0 Å². The number of phosphoric ester groups is 1. The predicted molar refractivity (Wildman–Crippen MR) is 314 cm³/mol. The van der Waals surface area contributed by atoms with E-state index >= 15 is 0 Å². The number of esters is 2. The van der Waals surface area contributed by atoms with Crippen LogP contribution in [0.15, 0.2) is 122 Å². The van der Waals surface area contributed by atoms with E-state index in [1.54, 1.807) is 0 Å². The van der Waals surface area contributed by atoms with Gasteiger partial charge in [0.15, 0.2) is 6.10 Å². The maximum Gasteiger partial charge on any atom is 0.306 e. The number of hydrogen-bond acceptors (Lipinski definition) is 8. The van der Waals surface area contributed by atoms with Crippen LogP contribution in [0.5, 0.6) is 0 Å². The van der Waals surface area contributed by atoms with E-state index in [0.717, 1.165) is 77.0 Å². The molecule has 0 aliphatic carbocycles. The Kier molecular flexibility index (Phi) is 51.6. The summed E-state index contributed by atoms with van der Waals surface area (Å²) in [5.74, 6) is -0.912. The molecule has 0 rings (SSSR count). The monoisotopic (exact) mass is 1050 g/mol. The fraction of sp³-hybridized carbons (Fsp3) is 0.656. The van der Waals surface area contributed by atoms with E-state index in [1.165, 1.54) is 96.3 Å². The second-order valence-corrected chi connectivity index (χ2v) is 21.7. The molecule has 2 unspecified atom stereocenters. The van der Waals surface area contributed by atoms with Crippen LogP contribution in [-0.2, 0) is 32.7 Å². The first-order valence-corrected chi connectivity index (χ1v) is 30.7. The van der Waals surface area contributed by atoms with E-state index < -0.39 is 32.5 Å². The van der Waals surface area contributed by atoms with Gasteiger partial charge in [-0.3, -0.25) is 14.2 Å². The molecule has 0 N–H and O–H groups in total. The van der Waals surface area contributed by atoms with Crippen molar-refractivity contribution in [3.05, 3.63) is 122 Å². The van der Waals surface area contributed by atoms with E-state index in [-0.39, 0.29) is 26.1 Å². The van der Waals surface area contributed by atoms with Crippen molar-refractivity contribution < 1.29 is 42.1 Å². The second-order valence-electron chi connectivity index (χ2n) is 20.3. The van der Waals surface area contributed by atoms with Gasteiger partial charge in [0.25, 0.3) is 7.82 Å². The van der Waals surface area contributed by atoms with Gasteiger partial charge < -0.3 is 27.9 Å². The highest BCUT2D eigenvalue weighted by Crippen LogP contribution is 2.38. The number of carbonyl (C=O) groups is 2. The molecule has 0 aliphatic rings. The topological polar surface area (TPSA) is 111 Å². The number of phosphoric acid groups is 1. The van der Waals surface area contributed by atoms with Crippen LogP contribution in [0, 0.1) is 0 Å². The van der Waals surface area contributed by atoms with Crippen molar-refractivity contribution in [1.82, 2.24) is 0 Å². The third kappa shape index (κ3) is 57.7. The van der Waals surface area contributed by atoms with Gasteiger partial charge in [0.05, 0.1) is 27.7 Å². The molecule has 0 aromatic rings.